The molecule has 2 aliphatic heterocycles. The van der Waals surface area contributed by atoms with Gasteiger partial charge < -0.3 is 30.7 Å². The molecule has 0 aliphatic carbocycles. The lowest BCUT2D eigenvalue weighted by Gasteiger charge is -2.35. The van der Waals surface area contributed by atoms with Gasteiger partial charge in [-0.25, -0.2) is 0 Å². The van der Waals surface area contributed by atoms with Gasteiger partial charge in [-0.15, -0.1) is 0 Å². The molecular weight excluding hydrogens is 480 g/mol. The van der Waals surface area contributed by atoms with Gasteiger partial charge >= 0.3 is 0 Å². The van der Waals surface area contributed by atoms with Gasteiger partial charge in [0.1, 0.15) is 5.49 Å². The first-order valence-corrected chi connectivity index (χ1v) is 13.2. The van der Waals surface area contributed by atoms with Crippen molar-refractivity contribution in [1.29, 1.82) is 5.41 Å². The summed E-state index contributed by atoms with van der Waals surface area (Å²) in [6.07, 6.45) is 6.84. The van der Waals surface area contributed by atoms with Crippen molar-refractivity contribution in [3.63, 3.8) is 0 Å². The Kier molecular flexibility index (Phi) is 9.09. The van der Waals surface area contributed by atoms with E-state index in [2.05, 4.69) is 27.2 Å². The molecule has 2 aliphatic rings. The van der Waals surface area contributed by atoms with Gasteiger partial charge in [-0.05, 0) is 81.4 Å². The number of anilines is 1. The summed E-state index contributed by atoms with van der Waals surface area (Å²) in [6, 6.07) is 11.3. The van der Waals surface area contributed by atoms with Crippen LogP contribution in [0.25, 0.3) is 5.57 Å². The van der Waals surface area contributed by atoms with Crippen LogP contribution in [0.15, 0.2) is 53.7 Å². The lowest BCUT2D eigenvalue weighted by molar-refractivity contribution is -0.130. The largest absolute Gasteiger partial charge is 0.346 e. The zero-order valence-electron chi connectivity index (χ0n) is 22.2. The Balaban J connectivity index is 1.40. The lowest BCUT2D eigenvalue weighted by Crippen LogP contribution is -2.44. The maximum atomic E-state index is 13.0. The average molecular weight is 519 g/mol. The van der Waals surface area contributed by atoms with Crippen molar-refractivity contribution in [2.24, 2.45) is 10.7 Å². The van der Waals surface area contributed by atoms with Gasteiger partial charge in [-0.1, -0.05) is 6.08 Å². The Morgan fingerprint density at radius 2 is 1.92 bits per heavy atom. The Bertz CT molecular complexity index is 1240. The minimum Gasteiger partial charge on any atom is -0.346 e. The second kappa shape index (κ2) is 12.7. The van der Waals surface area contributed by atoms with Gasteiger partial charge in [-0.3, -0.25) is 15.0 Å². The molecule has 1 aromatic heterocycles. The number of carbonyl (C=O) groups excluding carboxylic acids is 2. The van der Waals surface area contributed by atoms with Crippen molar-refractivity contribution in [3.8, 4) is 0 Å². The Hall–Kier alpha value is -3.76. The third-order valence-electron chi connectivity index (χ3n) is 7.27. The SMILES string of the molecule is CN1CCC(N(C)C(=O)c2ccc(NC(=N)/N=c3\[nH]cccc3C3=CCN(C(=O)CCN)CC3)cc2)CC1. The molecule has 1 fully saturated rings. The molecule has 0 saturated carbocycles. The van der Waals surface area contributed by atoms with E-state index in [-0.39, 0.29) is 23.8 Å². The zero-order chi connectivity index (χ0) is 27.1. The molecule has 0 atom stereocenters. The lowest BCUT2D eigenvalue weighted by atomic mass is 10.0. The minimum atomic E-state index is -0.0209. The monoisotopic (exact) mass is 518 g/mol. The summed E-state index contributed by atoms with van der Waals surface area (Å²) in [7, 11) is 3.99. The number of H-pyrrole nitrogens is 1. The second-order valence-electron chi connectivity index (χ2n) is 9.90. The maximum absolute atomic E-state index is 13.0. The van der Waals surface area contributed by atoms with E-state index < -0.39 is 0 Å². The molecule has 0 radical (unpaired) electrons. The summed E-state index contributed by atoms with van der Waals surface area (Å²) < 4.78 is 0. The molecule has 38 heavy (non-hydrogen) atoms. The first-order chi connectivity index (χ1) is 18.4. The first kappa shape index (κ1) is 27.3. The smallest absolute Gasteiger partial charge is 0.253 e. The van der Waals surface area contributed by atoms with E-state index >= 15 is 0 Å². The van der Waals surface area contributed by atoms with Gasteiger partial charge in [-0.2, -0.15) is 4.99 Å². The number of piperidine rings is 1. The molecule has 10 nitrogen and oxygen atoms in total. The van der Waals surface area contributed by atoms with E-state index in [0.717, 1.165) is 37.1 Å². The summed E-state index contributed by atoms with van der Waals surface area (Å²) in [5.41, 5.74) is 9.39. The molecule has 0 unspecified atom stereocenters. The van der Waals surface area contributed by atoms with Crippen LogP contribution in [0.1, 0.15) is 41.6 Å². The number of guanidine groups is 1. The number of rotatable bonds is 6. The molecule has 2 amide bonds. The number of hydrogen-bond donors (Lipinski definition) is 4. The fraction of sp³-hybridized carbons (Fsp3) is 0.429. The maximum Gasteiger partial charge on any atom is 0.253 e. The van der Waals surface area contributed by atoms with Crippen molar-refractivity contribution in [3.05, 3.63) is 65.3 Å². The summed E-state index contributed by atoms with van der Waals surface area (Å²) in [4.78, 5) is 38.7. The van der Waals surface area contributed by atoms with Crippen LogP contribution >= 0.6 is 0 Å². The van der Waals surface area contributed by atoms with Crippen LogP contribution in [0.4, 0.5) is 5.69 Å². The third-order valence-corrected chi connectivity index (χ3v) is 7.27. The van der Waals surface area contributed by atoms with Crippen molar-refractivity contribution >= 4 is 29.0 Å². The van der Waals surface area contributed by atoms with Crippen LogP contribution in [-0.4, -0.2) is 90.3 Å². The predicted molar refractivity (Wildman–Crippen MR) is 150 cm³/mol. The number of nitrogens with two attached hydrogens (primary N) is 1. The molecule has 1 aromatic carbocycles. The average Bonchev–Trinajstić information content (AvgIpc) is 2.93. The van der Waals surface area contributed by atoms with Crippen LogP contribution < -0.4 is 16.5 Å². The molecule has 10 heteroatoms. The van der Waals surface area contributed by atoms with Crippen LogP contribution in [0, 0.1) is 5.41 Å². The summed E-state index contributed by atoms with van der Waals surface area (Å²) in [5.74, 6) is 0.0605. The topological polar surface area (TPSA) is 134 Å². The third kappa shape index (κ3) is 6.76. The van der Waals surface area contributed by atoms with Crippen molar-refractivity contribution in [1.82, 2.24) is 19.7 Å². The predicted octanol–water partition coefficient (Wildman–Crippen LogP) is 2.09. The highest BCUT2D eigenvalue weighted by atomic mass is 16.2. The van der Waals surface area contributed by atoms with Gasteiger partial charge in [0.05, 0.1) is 0 Å². The van der Waals surface area contributed by atoms with E-state index in [9.17, 15) is 9.59 Å². The number of aromatic nitrogens is 1. The first-order valence-electron chi connectivity index (χ1n) is 13.2. The van der Waals surface area contributed by atoms with E-state index in [4.69, 9.17) is 11.1 Å². The normalized spacial score (nSPS) is 17.2. The zero-order valence-corrected chi connectivity index (χ0v) is 22.2. The second-order valence-corrected chi connectivity index (χ2v) is 9.90. The number of likely N-dealkylation sites (tertiary alicyclic amines) is 1. The molecule has 5 N–H and O–H groups in total. The number of nitrogens with one attached hydrogen (secondary N) is 3. The minimum absolute atomic E-state index is 0.0124. The van der Waals surface area contributed by atoms with Gasteiger partial charge in [0, 0.05) is 62.2 Å². The van der Waals surface area contributed by atoms with Gasteiger partial charge in [0.2, 0.25) is 11.9 Å². The van der Waals surface area contributed by atoms with Crippen LogP contribution in [0.5, 0.6) is 0 Å². The molecule has 2 aromatic rings. The standard InChI is InChI=1S/C28H38N8O2/c1-34-16-12-23(13-17-34)35(2)27(38)21-5-7-22(8-6-21)32-28(30)33-26-24(4-3-15-31-26)20-10-18-36(19-11-20)25(37)9-14-29/h3-8,10,15,23H,9,11-14,16-19,29H2,1-2H3,(H3,30,31,32,33). The molecule has 0 bridgehead atoms. The number of pyridine rings is 1. The fourth-order valence-corrected chi connectivity index (χ4v) is 4.93. The molecule has 0 spiro atoms. The highest BCUT2D eigenvalue weighted by molar-refractivity contribution is 5.96. The van der Waals surface area contributed by atoms with E-state index in [1.54, 1.807) is 30.5 Å². The summed E-state index contributed by atoms with van der Waals surface area (Å²) in [5, 5.41) is 11.4. The number of benzene rings is 1. The molecule has 4 rings (SSSR count). The molecular formula is C28H38N8O2. The van der Waals surface area contributed by atoms with Crippen LogP contribution in [0.2, 0.25) is 0 Å². The Morgan fingerprint density at radius 1 is 1.18 bits per heavy atom. The number of carbonyl (C=O) groups is 2. The Morgan fingerprint density at radius 3 is 2.58 bits per heavy atom. The fourth-order valence-electron chi connectivity index (χ4n) is 4.93. The summed E-state index contributed by atoms with van der Waals surface area (Å²) >= 11 is 0. The number of amides is 2. The highest BCUT2D eigenvalue weighted by Crippen LogP contribution is 2.20. The molecule has 3 heterocycles. The van der Waals surface area contributed by atoms with Crippen molar-refractivity contribution < 1.29 is 9.59 Å². The highest BCUT2D eigenvalue weighted by Gasteiger charge is 2.24. The van der Waals surface area contributed by atoms with E-state index in [0.29, 0.717) is 49.2 Å². The van der Waals surface area contributed by atoms with Crippen LogP contribution in [0.3, 0.4) is 0 Å². The van der Waals surface area contributed by atoms with E-state index in [1.165, 1.54) is 0 Å². The van der Waals surface area contributed by atoms with Crippen LogP contribution in [-0.2, 0) is 4.79 Å². The van der Waals surface area contributed by atoms with Crippen molar-refractivity contribution in [2.45, 2.75) is 31.7 Å². The Labute approximate surface area is 223 Å². The molecule has 1 saturated heterocycles. The number of hydrogen-bond acceptors (Lipinski definition) is 5. The van der Waals surface area contributed by atoms with Gasteiger partial charge in [0.15, 0.2) is 0 Å². The quantitative estimate of drug-likeness (QED) is 0.343. The van der Waals surface area contributed by atoms with E-state index in [1.807, 2.05) is 35.1 Å². The molecule has 202 valence electrons. The van der Waals surface area contributed by atoms with Crippen molar-refractivity contribution in [2.75, 3.05) is 52.1 Å². The van der Waals surface area contributed by atoms with Gasteiger partial charge in [0.25, 0.3) is 5.91 Å². The number of aromatic amines is 1. The number of nitrogens with zero attached hydrogens (tertiary/aromatic N) is 4. The summed E-state index contributed by atoms with van der Waals surface area (Å²) in [6.45, 7) is 3.53.